The summed E-state index contributed by atoms with van der Waals surface area (Å²) in [6.07, 6.45) is 5.49. The zero-order chi connectivity index (χ0) is 16.4. The fourth-order valence-electron chi connectivity index (χ4n) is 1.98. The first-order valence-electron chi connectivity index (χ1n) is 7.61. The van der Waals surface area contributed by atoms with Crippen molar-refractivity contribution in [1.29, 1.82) is 0 Å². The molecule has 122 valence electrons. The van der Waals surface area contributed by atoms with E-state index >= 15 is 0 Å². The number of nitrogens with zero attached hydrogens (tertiary/aromatic N) is 1. The van der Waals surface area contributed by atoms with Crippen LogP contribution in [0.4, 0.5) is 4.79 Å². The maximum Gasteiger partial charge on any atom is 0.431 e. The fraction of sp³-hybridized carbons (Fsp3) is 0.500. The molecule has 3 N–H and O–H groups in total. The topological polar surface area (TPSA) is 92.9 Å². The second-order valence-electron chi connectivity index (χ2n) is 5.07. The van der Waals surface area contributed by atoms with E-state index < -0.39 is 12.0 Å². The zero-order valence-corrected chi connectivity index (χ0v) is 13.0. The van der Waals surface area contributed by atoms with Crippen LogP contribution in [0.3, 0.4) is 0 Å². The number of imide groups is 1. The van der Waals surface area contributed by atoms with Crippen LogP contribution in [0.5, 0.6) is 5.75 Å². The lowest BCUT2D eigenvalue weighted by Crippen LogP contribution is -2.43. The number of benzene rings is 1. The van der Waals surface area contributed by atoms with Gasteiger partial charge in [0, 0.05) is 0 Å². The number of ether oxygens (including phenoxy) is 1. The molecule has 0 heterocycles. The molecule has 1 aromatic rings. The Labute approximate surface area is 130 Å². The number of para-hydroxylation sites is 1. The number of unbranched alkanes of at least 4 members (excludes halogenated alkanes) is 5. The van der Waals surface area contributed by atoms with Crippen molar-refractivity contribution >= 4 is 12.0 Å². The predicted molar refractivity (Wildman–Crippen MR) is 83.2 cm³/mol. The number of hydrogen-bond donors (Lipinski definition) is 2. The summed E-state index contributed by atoms with van der Waals surface area (Å²) in [4.78, 5) is 23.6. The van der Waals surface area contributed by atoms with Gasteiger partial charge in [-0.25, -0.2) is 10.6 Å². The summed E-state index contributed by atoms with van der Waals surface area (Å²) in [6.45, 7) is 2.38. The molecular weight excluding hydrogens is 284 g/mol. The van der Waals surface area contributed by atoms with Crippen molar-refractivity contribution in [1.82, 2.24) is 5.01 Å². The molecule has 0 aromatic heterocycles. The first-order chi connectivity index (χ1) is 10.6. The minimum absolute atomic E-state index is 0.0403. The van der Waals surface area contributed by atoms with Crippen LogP contribution >= 0.6 is 0 Å². The van der Waals surface area contributed by atoms with E-state index in [-0.39, 0.29) is 17.9 Å². The molecule has 1 aromatic carbocycles. The average molecular weight is 308 g/mol. The highest BCUT2D eigenvalue weighted by Gasteiger charge is 2.22. The van der Waals surface area contributed by atoms with Crippen LogP contribution in [0.2, 0.25) is 0 Å². The van der Waals surface area contributed by atoms with E-state index in [1.165, 1.54) is 31.4 Å². The van der Waals surface area contributed by atoms with Gasteiger partial charge in [0.05, 0.1) is 12.2 Å². The van der Waals surface area contributed by atoms with Gasteiger partial charge in [-0.15, -0.1) is 0 Å². The summed E-state index contributed by atoms with van der Waals surface area (Å²) < 4.78 is 4.95. The second kappa shape index (κ2) is 9.78. The van der Waals surface area contributed by atoms with Crippen molar-refractivity contribution in [2.45, 2.75) is 45.4 Å². The Morgan fingerprint density at radius 3 is 2.45 bits per heavy atom. The van der Waals surface area contributed by atoms with Gasteiger partial charge in [-0.3, -0.25) is 4.79 Å². The molecule has 0 aliphatic carbocycles. The van der Waals surface area contributed by atoms with Crippen LogP contribution in [-0.4, -0.2) is 28.7 Å². The van der Waals surface area contributed by atoms with Gasteiger partial charge in [0.15, 0.2) is 0 Å². The normalized spacial score (nSPS) is 10.3. The number of aromatic hydroxyl groups is 1. The molecule has 0 radical (unpaired) electrons. The summed E-state index contributed by atoms with van der Waals surface area (Å²) in [6, 6.07) is 5.88. The molecular formula is C16H24N2O4. The highest BCUT2D eigenvalue weighted by Crippen LogP contribution is 2.17. The third-order valence-electron chi connectivity index (χ3n) is 3.27. The van der Waals surface area contributed by atoms with Gasteiger partial charge in [-0.2, -0.15) is 5.01 Å². The first kappa shape index (κ1) is 18.0. The van der Waals surface area contributed by atoms with Gasteiger partial charge in [0.1, 0.15) is 5.75 Å². The molecule has 0 bridgehead atoms. The number of phenols is 1. The van der Waals surface area contributed by atoms with E-state index in [4.69, 9.17) is 10.6 Å². The van der Waals surface area contributed by atoms with Crippen LogP contribution in [0, 0.1) is 0 Å². The molecule has 0 fully saturated rings. The Morgan fingerprint density at radius 2 is 1.77 bits per heavy atom. The molecule has 22 heavy (non-hydrogen) atoms. The third kappa shape index (κ3) is 5.73. The summed E-state index contributed by atoms with van der Waals surface area (Å²) in [5.74, 6) is 4.41. The van der Waals surface area contributed by atoms with Gasteiger partial charge in [0.2, 0.25) is 0 Å². The number of phenolic OH excluding ortho intramolecular Hbond substituents is 1. The van der Waals surface area contributed by atoms with E-state index in [1.54, 1.807) is 12.1 Å². The number of hydrazine groups is 1. The van der Waals surface area contributed by atoms with E-state index in [9.17, 15) is 14.7 Å². The van der Waals surface area contributed by atoms with Crippen LogP contribution in [0.25, 0.3) is 0 Å². The summed E-state index contributed by atoms with van der Waals surface area (Å²) >= 11 is 0. The van der Waals surface area contributed by atoms with E-state index in [1.807, 2.05) is 0 Å². The summed E-state index contributed by atoms with van der Waals surface area (Å²) in [5, 5.41) is 9.95. The Balaban J connectivity index is 2.33. The highest BCUT2D eigenvalue weighted by molar-refractivity contribution is 6.03. The smallest absolute Gasteiger partial charge is 0.431 e. The van der Waals surface area contributed by atoms with E-state index in [0.717, 1.165) is 19.3 Å². The van der Waals surface area contributed by atoms with Crippen molar-refractivity contribution in [3.63, 3.8) is 0 Å². The predicted octanol–water partition coefficient (Wildman–Crippen LogP) is 3.21. The van der Waals surface area contributed by atoms with Gasteiger partial charge >= 0.3 is 6.09 Å². The second-order valence-corrected chi connectivity index (χ2v) is 5.07. The van der Waals surface area contributed by atoms with Crippen LogP contribution < -0.4 is 5.84 Å². The lowest BCUT2D eigenvalue weighted by molar-refractivity contribution is 0.0653. The van der Waals surface area contributed by atoms with Gasteiger partial charge in [-0.1, -0.05) is 51.2 Å². The molecule has 0 saturated heterocycles. The van der Waals surface area contributed by atoms with Gasteiger partial charge in [0.25, 0.3) is 5.91 Å². The minimum Gasteiger partial charge on any atom is -0.507 e. The number of hydrogen-bond acceptors (Lipinski definition) is 5. The molecule has 0 aliphatic rings. The van der Waals surface area contributed by atoms with E-state index in [2.05, 4.69) is 6.92 Å². The van der Waals surface area contributed by atoms with Crippen molar-refractivity contribution in [3.05, 3.63) is 29.8 Å². The maximum atomic E-state index is 12.0. The molecule has 2 amide bonds. The molecule has 6 heteroatoms. The molecule has 0 unspecified atom stereocenters. The third-order valence-corrected chi connectivity index (χ3v) is 3.27. The van der Waals surface area contributed by atoms with Crippen molar-refractivity contribution < 1.29 is 19.4 Å². The van der Waals surface area contributed by atoms with Gasteiger partial charge in [-0.05, 0) is 18.6 Å². The van der Waals surface area contributed by atoms with Crippen LogP contribution in [0.1, 0.15) is 55.8 Å². The Hall–Kier alpha value is -2.08. The highest BCUT2D eigenvalue weighted by atomic mass is 16.6. The Bertz CT molecular complexity index is 491. The van der Waals surface area contributed by atoms with Crippen molar-refractivity contribution in [3.8, 4) is 5.75 Å². The molecule has 0 spiro atoms. The number of carbonyl (C=O) groups excluding carboxylic acids is 2. The lowest BCUT2D eigenvalue weighted by atomic mass is 10.1. The van der Waals surface area contributed by atoms with E-state index in [0.29, 0.717) is 5.01 Å². The zero-order valence-electron chi connectivity index (χ0n) is 13.0. The van der Waals surface area contributed by atoms with Crippen LogP contribution in [0.15, 0.2) is 24.3 Å². The SMILES string of the molecule is CCCCCCCCOC(=O)N(N)C(=O)c1ccccc1O. The summed E-state index contributed by atoms with van der Waals surface area (Å²) in [5.41, 5.74) is -0.0403. The van der Waals surface area contributed by atoms with Crippen molar-refractivity contribution in [2.75, 3.05) is 6.61 Å². The molecule has 0 aliphatic heterocycles. The fourth-order valence-corrected chi connectivity index (χ4v) is 1.98. The summed E-state index contributed by atoms with van der Waals surface area (Å²) in [7, 11) is 0. The standard InChI is InChI=1S/C16H24N2O4/c1-2-3-4-5-6-9-12-22-16(21)18(17)15(20)13-10-7-8-11-14(13)19/h7-8,10-11,19H,2-6,9,12,17H2,1H3. The van der Waals surface area contributed by atoms with Crippen LogP contribution in [-0.2, 0) is 4.74 Å². The number of amides is 2. The Kier molecular flexibility index (Phi) is 7.99. The minimum atomic E-state index is -0.915. The number of rotatable bonds is 8. The Morgan fingerprint density at radius 1 is 1.14 bits per heavy atom. The largest absolute Gasteiger partial charge is 0.507 e. The van der Waals surface area contributed by atoms with Gasteiger partial charge < -0.3 is 9.84 Å². The quantitative estimate of drug-likeness (QED) is 0.333. The average Bonchev–Trinajstić information content (AvgIpc) is 2.53. The molecule has 0 atom stereocenters. The molecule has 0 saturated carbocycles. The number of nitrogens with two attached hydrogens (primary N) is 1. The number of carbonyl (C=O) groups is 2. The monoisotopic (exact) mass is 308 g/mol. The maximum absolute atomic E-state index is 12.0. The molecule has 6 nitrogen and oxygen atoms in total. The first-order valence-corrected chi connectivity index (χ1v) is 7.61. The molecule has 1 rings (SSSR count). The van der Waals surface area contributed by atoms with Crippen molar-refractivity contribution in [2.24, 2.45) is 5.84 Å². The lowest BCUT2D eigenvalue weighted by Gasteiger charge is -2.15.